The largest absolute Gasteiger partial charge is 0.361 e. The van der Waals surface area contributed by atoms with E-state index in [0.717, 1.165) is 4.90 Å². The zero-order valence-corrected chi connectivity index (χ0v) is 15.1. The molecule has 0 aromatic carbocycles. The van der Waals surface area contributed by atoms with Crippen molar-refractivity contribution in [2.75, 3.05) is 13.1 Å². The predicted molar refractivity (Wildman–Crippen MR) is 92.6 cm³/mol. The molecule has 3 amide bonds. The zero-order chi connectivity index (χ0) is 20.4. The number of carbonyl (C=O) groups excluding carboxylic acids is 3. The average molecular weight is 394 g/mol. The zero-order valence-electron chi connectivity index (χ0n) is 15.1. The molecule has 0 aromatic rings. The molecular formula is C15H22N8O5. The third-order valence-electron chi connectivity index (χ3n) is 5.81. The number of nitrogens with zero attached hydrogens (tertiary/aromatic N) is 2. The molecule has 4 aliphatic rings. The van der Waals surface area contributed by atoms with E-state index in [0.29, 0.717) is 0 Å². The first-order valence-electron chi connectivity index (χ1n) is 8.89. The lowest BCUT2D eigenvalue weighted by molar-refractivity contribution is -0.233. The molecule has 4 rings (SSSR count). The van der Waals surface area contributed by atoms with Gasteiger partial charge in [0.2, 0.25) is 23.5 Å². The van der Waals surface area contributed by atoms with Gasteiger partial charge in [-0.05, 0) is 0 Å². The highest BCUT2D eigenvalue weighted by Gasteiger charge is 2.74. The Bertz CT molecular complexity index is 783. The van der Waals surface area contributed by atoms with Crippen LogP contribution in [-0.4, -0.2) is 92.3 Å². The lowest BCUT2D eigenvalue weighted by atomic mass is 9.84. The first kappa shape index (κ1) is 18.4. The van der Waals surface area contributed by atoms with E-state index in [1.807, 2.05) is 0 Å². The summed E-state index contributed by atoms with van der Waals surface area (Å²) in [5.41, 5.74) is -1.74. The van der Waals surface area contributed by atoms with Gasteiger partial charge in [-0.15, -0.1) is 0 Å². The van der Waals surface area contributed by atoms with Crippen LogP contribution in [0, 0.1) is 10.8 Å². The minimum atomic E-state index is -2.55. The van der Waals surface area contributed by atoms with E-state index in [9.17, 15) is 24.6 Å². The Balaban J connectivity index is 1.71. The van der Waals surface area contributed by atoms with Crippen molar-refractivity contribution in [2.24, 2.45) is 0 Å². The van der Waals surface area contributed by atoms with Crippen LogP contribution in [0.25, 0.3) is 0 Å². The van der Waals surface area contributed by atoms with Crippen LogP contribution in [0.15, 0.2) is 0 Å². The smallest absolute Gasteiger partial charge is 0.231 e. The number of likely N-dealkylation sites (tertiary alicyclic amines) is 1. The van der Waals surface area contributed by atoms with Gasteiger partial charge in [-0.1, -0.05) is 0 Å². The average Bonchev–Trinajstić information content (AvgIpc) is 3.18. The van der Waals surface area contributed by atoms with Crippen molar-refractivity contribution in [1.82, 2.24) is 31.1 Å². The normalized spacial score (nSPS) is 35.9. The van der Waals surface area contributed by atoms with Gasteiger partial charge in [-0.3, -0.25) is 30.1 Å². The van der Waals surface area contributed by atoms with Crippen molar-refractivity contribution in [1.29, 1.82) is 10.8 Å². The Morgan fingerprint density at radius 1 is 1.25 bits per heavy atom. The Hall–Kier alpha value is -2.93. The Morgan fingerprint density at radius 2 is 1.89 bits per heavy atom. The van der Waals surface area contributed by atoms with E-state index in [4.69, 9.17) is 10.8 Å². The third kappa shape index (κ3) is 2.29. The van der Waals surface area contributed by atoms with E-state index in [2.05, 4.69) is 21.3 Å². The summed E-state index contributed by atoms with van der Waals surface area (Å²) < 4.78 is 0. The van der Waals surface area contributed by atoms with Crippen LogP contribution in [0.4, 0.5) is 0 Å². The van der Waals surface area contributed by atoms with Crippen molar-refractivity contribution >= 4 is 29.6 Å². The van der Waals surface area contributed by atoms with Gasteiger partial charge >= 0.3 is 0 Å². The summed E-state index contributed by atoms with van der Waals surface area (Å²) in [6, 6.07) is -2.78. The topological polar surface area (TPSA) is 194 Å². The predicted octanol–water partition coefficient (Wildman–Crippen LogP) is -4.26. The van der Waals surface area contributed by atoms with Gasteiger partial charge in [-0.2, -0.15) is 0 Å². The summed E-state index contributed by atoms with van der Waals surface area (Å²) in [5, 5.41) is 49.2. The fraction of sp³-hybridized carbons (Fsp3) is 0.667. The second-order valence-electron chi connectivity index (χ2n) is 7.48. The van der Waals surface area contributed by atoms with Crippen LogP contribution in [0.3, 0.4) is 0 Å². The van der Waals surface area contributed by atoms with Crippen molar-refractivity contribution in [2.45, 2.75) is 49.3 Å². The van der Waals surface area contributed by atoms with Gasteiger partial charge in [0.05, 0.1) is 18.6 Å². The molecule has 4 heterocycles. The van der Waals surface area contributed by atoms with Crippen LogP contribution >= 0.6 is 0 Å². The molecule has 0 bridgehead atoms. The Morgan fingerprint density at radius 3 is 2.50 bits per heavy atom. The van der Waals surface area contributed by atoms with Crippen molar-refractivity contribution in [3.05, 3.63) is 0 Å². The molecule has 1 spiro atoms. The Labute approximate surface area is 159 Å². The van der Waals surface area contributed by atoms with Crippen LogP contribution in [-0.2, 0) is 14.4 Å². The molecule has 0 aromatic heterocycles. The quantitative estimate of drug-likeness (QED) is 0.173. The summed E-state index contributed by atoms with van der Waals surface area (Å²) in [6.07, 6.45) is 0.224. The highest BCUT2D eigenvalue weighted by molar-refractivity contribution is 6.02. The highest BCUT2D eigenvalue weighted by atomic mass is 16.5. The number of carbonyl (C=O) groups is 3. The van der Waals surface area contributed by atoms with Crippen molar-refractivity contribution in [3.8, 4) is 0 Å². The second kappa shape index (κ2) is 5.78. The monoisotopic (exact) mass is 394 g/mol. The molecule has 4 fully saturated rings. The SMILES string of the molecule is CC(=O)NC1CN2C(=N)N[C@@H](CN3C(=O)CCC3=O)C3NC(=N)NC32C1(O)O. The molecule has 28 heavy (non-hydrogen) atoms. The Kier molecular flexibility index (Phi) is 3.81. The highest BCUT2D eigenvalue weighted by Crippen LogP contribution is 2.43. The van der Waals surface area contributed by atoms with Crippen molar-refractivity contribution in [3.63, 3.8) is 0 Å². The van der Waals surface area contributed by atoms with Crippen molar-refractivity contribution < 1.29 is 24.6 Å². The number of nitrogens with one attached hydrogen (secondary N) is 6. The van der Waals surface area contributed by atoms with Gasteiger partial charge in [0.1, 0.15) is 6.04 Å². The van der Waals surface area contributed by atoms with E-state index in [1.165, 1.54) is 11.8 Å². The number of guanidine groups is 2. The molecule has 13 nitrogen and oxygen atoms in total. The summed E-state index contributed by atoms with van der Waals surface area (Å²) >= 11 is 0. The number of hydrogen-bond donors (Lipinski definition) is 8. The maximum atomic E-state index is 12.0. The number of amides is 3. The van der Waals surface area contributed by atoms with Crippen LogP contribution in [0.1, 0.15) is 19.8 Å². The lowest BCUT2D eigenvalue weighted by Gasteiger charge is -2.51. The number of aliphatic hydroxyl groups is 2. The maximum absolute atomic E-state index is 12.0. The maximum Gasteiger partial charge on any atom is 0.231 e. The minimum absolute atomic E-state index is 0.0921. The molecule has 4 aliphatic heterocycles. The number of imide groups is 1. The summed E-state index contributed by atoms with van der Waals surface area (Å²) in [6.45, 7) is 1.05. The first-order chi connectivity index (χ1) is 13.1. The van der Waals surface area contributed by atoms with Gasteiger partial charge in [0.25, 0.3) is 0 Å². The fourth-order valence-electron chi connectivity index (χ4n) is 4.60. The second-order valence-corrected chi connectivity index (χ2v) is 7.48. The molecule has 152 valence electrons. The van der Waals surface area contributed by atoms with Gasteiger partial charge in [-0.25, -0.2) is 0 Å². The summed E-state index contributed by atoms with van der Waals surface area (Å²) in [5.74, 6) is -4.08. The first-order valence-corrected chi connectivity index (χ1v) is 8.89. The molecule has 8 N–H and O–H groups in total. The molecule has 0 radical (unpaired) electrons. The van der Waals surface area contributed by atoms with E-state index < -0.39 is 35.5 Å². The standard InChI is InChI=1S/C15H22N8O5/c1-6(24)18-8-5-23-13(17)19-7(4-22-9(25)2-3-10(22)26)11-14(23,15(8,27)28)21-12(16)20-11/h7-8,11,27-28H,2-5H2,1H3,(H2,17,19)(H,18,24)(H3,16,20,21)/t7-,8?,11?,14?/m0/s1. The number of hydrogen-bond acceptors (Lipinski definition) is 7. The summed E-state index contributed by atoms with van der Waals surface area (Å²) in [4.78, 5) is 37.9. The van der Waals surface area contributed by atoms with Crippen LogP contribution in [0.2, 0.25) is 0 Å². The molecule has 13 heteroatoms. The van der Waals surface area contributed by atoms with Gasteiger partial charge in [0, 0.05) is 26.3 Å². The van der Waals surface area contributed by atoms with E-state index in [1.54, 1.807) is 0 Å². The van der Waals surface area contributed by atoms with Gasteiger partial charge < -0.3 is 36.4 Å². The molecular weight excluding hydrogens is 372 g/mol. The van der Waals surface area contributed by atoms with E-state index in [-0.39, 0.29) is 49.7 Å². The summed E-state index contributed by atoms with van der Waals surface area (Å²) in [7, 11) is 0. The molecule has 0 saturated carbocycles. The molecule has 0 aliphatic carbocycles. The third-order valence-corrected chi connectivity index (χ3v) is 5.81. The van der Waals surface area contributed by atoms with Gasteiger partial charge in [0.15, 0.2) is 17.6 Å². The number of rotatable bonds is 3. The van der Waals surface area contributed by atoms with Crippen LogP contribution in [0.5, 0.6) is 0 Å². The van der Waals surface area contributed by atoms with E-state index >= 15 is 0 Å². The molecule has 4 atom stereocenters. The van der Waals surface area contributed by atoms with Crippen LogP contribution < -0.4 is 21.3 Å². The molecule has 3 unspecified atom stereocenters. The lowest BCUT2D eigenvalue weighted by Crippen LogP contribution is -2.81. The minimum Gasteiger partial charge on any atom is -0.361 e. The molecule has 4 saturated heterocycles. The fourth-order valence-corrected chi connectivity index (χ4v) is 4.60.